The third-order valence-corrected chi connectivity index (χ3v) is 6.71. The van der Waals surface area contributed by atoms with Crippen LogP contribution in [0.2, 0.25) is 0 Å². The summed E-state index contributed by atoms with van der Waals surface area (Å²) >= 11 is 2.01. The lowest BCUT2D eigenvalue weighted by Gasteiger charge is -2.27. The Bertz CT molecular complexity index is 881. The number of nitrogens with one attached hydrogen (secondary N) is 1. The van der Waals surface area contributed by atoms with Gasteiger partial charge in [0, 0.05) is 55.5 Å². The van der Waals surface area contributed by atoms with Crippen molar-refractivity contribution < 1.29 is 9.59 Å². The fourth-order valence-corrected chi connectivity index (χ4v) is 4.94. The van der Waals surface area contributed by atoms with Gasteiger partial charge in [0.05, 0.1) is 5.92 Å². The quantitative estimate of drug-likeness (QED) is 0.821. The summed E-state index contributed by atoms with van der Waals surface area (Å²) in [6.45, 7) is 5.64. The van der Waals surface area contributed by atoms with E-state index in [9.17, 15) is 9.59 Å². The van der Waals surface area contributed by atoms with Crippen LogP contribution in [0.4, 0.5) is 11.4 Å². The molecule has 2 heterocycles. The van der Waals surface area contributed by atoms with Gasteiger partial charge in [-0.25, -0.2) is 0 Å². The normalized spacial score (nSPS) is 20.1. The van der Waals surface area contributed by atoms with Crippen molar-refractivity contribution in [2.45, 2.75) is 19.9 Å². The topological polar surface area (TPSA) is 52.7 Å². The third kappa shape index (κ3) is 4.65. The smallest absolute Gasteiger partial charge is 0.229 e. The Balaban J connectivity index is 1.42. The standard InChI is InChI=1S/C23H27N3O2S/c1-17-18(15-25-10-12-29-13-11-25)6-5-9-21(17)24-23(28)19-14-22(27)26(16-19)20-7-3-2-4-8-20/h2-9,19H,10-16H2,1H3,(H,24,28). The molecule has 2 saturated heterocycles. The number of thioether (sulfide) groups is 1. The lowest BCUT2D eigenvalue weighted by Crippen LogP contribution is -2.32. The molecule has 0 radical (unpaired) electrons. The molecule has 152 valence electrons. The van der Waals surface area contributed by atoms with Gasteiger partial charge in [0.15, 0.2) is 0 Å². The van der Waals surface area contributed by atoms with Crippen molar-refractivity contribution in [1.82, 2.24) is 4.90 Å². The van der Waals surface area contributed by atoms with Gasteiger partial charge in [0.25, 0.3) is 0 Å². The molecule has 2 aromatic carbocycles. The Kier molecular flexibility index (Phi) is 6.21. The molecule has 2 aliphatic rings. The number of nitrogens with zero attached hydrogens (tertiary/aromatic N) is 2. The molecule has 0 saturated carbocycles. The lowest BCUT2D eigenvalue weighted by atomic mass is 10.0. The maximum absolute atomic E-state index is 12.9. The van der Waals surface area contributed by atoms with Crippen LogP contribution in [0, 0.1) is 12.8 Å². The van der Waals surface area contributed by atoms with E-state index in [-0.39, 0.29) is 24.2 Å². The first-order valence-corrected chi connectivity index (χ1v) is 11.3. The highest BCUT2D eigenvalue weighted by Crippen LogP contribution is 2.27. The van der Waals surface area contributed by atoms with Crippen molar-refractivity contribution in [1.29, 1.82) is 0 Å². The average molecular weight is 410 g/mol. The van der Waals surface area contributed by atoms with Gasteiger partial charge in [0.2, 0.25) is 11.8 Å². The number of rotatable bonds is 5. The second-order valence-electron chi connectivity index (χ2n) is 7.71. The predicted octanol–water partition coefficient (Wildman–Crippen LogP) is 3.54. The van der Waals surface area contributed by atoms with E-state index in [2.05, 4.69) is 23.2 Å². The molecule has 6 heteroatoms. The van der Waals surface area contributed by atoms with Crippen molar-refractivity contribution in [2.75, 3.05) is 41.4 Å². The van der Waals surface area contributed by atoms with Crippen LogP contribution in [0.15, 0.2) is 48.5 Å². The molecule has 2 amide bonds. The summed E-state index contributed by atoms with van der Waals surface area (Å²) in [6, 6.07) is 15.7. The summed E-state index contributed by atoms with van der Waals surface area (Å²) in [7, 11) is 0. The molecule has 0 aromatic heterocycles. The third-order valence-electron chi connectivity index (χ3n) is 5.77. The van der Waals surface area contributed by atoms with Crippen LogP contribution in [-0.4, -0.2) is 47.9 Å². The highest BCUT2D eigenvalue weighted by atomic mass is 32.2. The van der Waals surface area contributed by atoms with E-state index in [0.29, 0.717) is 6.54 Å². The number of para-hydroxylation sites is 1. The van der Waals surface area contributed by atoms with Crippen LogP contribution in [0.25, 0.3) is 0 Å². The first-order chi connectivity index (χ1) is 14.1. The molecule has 2 fully saturated rings. The molecule has 4 rings (SSSR count). The van der Waals surface area contributed by atoms with Crippen molar-refractivity contribution in [3.8, 4) is 0 Å². The van der Waals surface area contributed by atoms with E-state index in [1.807, 2.05) is 54.2 Å². The zero-order valence-electron chi connectivity index (χ0n) is 16.8. The minimum Gasteiger partial charge on any atom is -0.326 e. The molecule has 29 heavy (non-hydrogen) atoms. The highest BCUT2D eigenvalue weighted by Gasteiger charge is 2.35. The largest absolute Gasteiger partial charge is 0.326 e. The number of amides is 2. The van der Waals surface area contributed by atoms with Crippen LogP contribution in [0.1, 0.15) is 17.5 Å². The van der Waals surface area contributed by atoms with Gasteiger partial charge in [-0.15, -0.1) is 0 Å². The van der Waals surface area contributed by atoms with Gasteiger partial charge in [0.1, 0.15) is 0 Å². The van der Waals surface area contributed by atoms with Crippen molar-refractivity contribution in [3.05, 3.63) is 59.7 Å². The van der Waals surface area contributed by atoms with Crippen LogP contribution >= 0.6 is 11.8 Å². The lowest BCUT2D eigenvalue weighted by molar-refractivity contribution is -0.122. The Hall–Kier alpha value is -2.31. The van der Waals surface area contributed by atoms with Crippen molar-refractivity contribution in [3.63, 3.8) is 0 Å². The summed E-state index contributed by atoms with van der Waals surface area (Å²) < 4.78 is 0. The van der Waals surface area contributed by atoms with Gasteiger partial charge >= 0.3 is 0 Å². The number of benzene rings is 2. The fraction of sp³-hybridized carbons (Fsp3) is 0.391. The molecule has 5 nitrogen and oxygen atoms in total. The summed E-state index contributed by atoms with van der Waals surface area (Å²) in [5.41, 5.74) is 4.07. The minimum atomic E-state index is -0.329. The van der Waals surface area contributed by atoms with Crippen LogP contribution in [-0.2, 0) is 16.1 Å². The second-order valence-corrected chi connectivity index (χ2v) is 8.93. The fourth-order valence-electron chi connectivity index (χ4n) is 3.97. The predicted molar refractivity (Wildman–Crippen MR) is 119 cm³/mol. The summed E-state index contributed by atoms with van der Waals surface area (Å²) in [5.74, 6) is 1.97. The van der Waals surface area contributed by atoms with Crippen LogP contribution < -0.4 is 10.2 Å². The van der Waals surface area contributed by atoms with E-state index >= 15 is 0 Å². The van der Waals surface area contributed by atoms with Crippen molar-refractivity contribution >= 4 is 35.0 Å². The summed E-state index contributed by atoms with van der Waals surface area (Å²) in [5, 5.41) is 3.08. The Morgan fingerprint density at radius 1 is 1.10 bits per heavy atom. The number of anilines is 2. The van der Waals surface area contributed by atoms with E-state index in [0.717, 1.165) is 36.6 Å². The monoisotopic (exact) mass is 409 g/mol. The first kappa shape index (κ1) is 20.0. The van der Waals surface area contributed by atoms with E-state index in [1.54, 1.807) is 4.90 Å². The number of carbonyl (C=O) groups excluding carboxylic acids is 2. The number of hydrogen-bond donors (Lipinski definition) is 1. The zero-order valence-corrected chi connectivity index (χ0v) is 17.6. The minimum absolute atomic E-state index is 0.00444. The molecular weight excluding hydrogens is 382 g/mol. The molecule has 0 aliphatic carbocycles. The molecule has 1 N–H and O–H groups in total. The Morgan fingerprint density at radius 2 is 1.86 bits per heavy atom. The number of hydrogen-bond acceptors (Lipinski definition) is 4. The number of carbonyl (C=O) groups is 2. The SMILES string of the molecule is Cc1c(CN2CCSCC2)cccc1NC(=O)C1CC(=O)N(c2ccccc2)C1. The first-order valence-electron chi connectivity index (χ1n) is 10.2. The molecule has 1 atom stereocenters. The molecule has 2 aromatic rings. The van der Waals surface area contributed by atoms with E-state index in [4.69, 9.17) is 0 Å². The molecule has 2 aliphatic heterocycles. The van der Waals surface area contributed by atoms with Gasteiger partial charge < -0.3 is 10.2 Å². The van der Waals surface area contributed by atoms with E-state index < -0.39 is 0 Å². The molecular formula is C23H27N3O2S. The van der Waals surface area contributed by atoms with Gasteiger partial charge in [-0.1, -0.05) is 30.3 Å². The molecule has 0 bridgehead atoms. The molecule has 0 spiro atoms. The van der Waals surface area contributed by atoms with Crippen molar-refractivity contribution in [2.24, 2.45) is 5.92 Å². The summed E-state index contributed by atoms with van der Waals surface area (Å²) in [6.07, 6.45) is 0.255. The van der Waals surface area contributed by atoms with Gasteiger partial charge in [-0.05, 0) is 36.2 Å². The highest BCUT2D eigenvalue weighted by molar-refractivity contribution is 7.99. The maximum Gasteiger partial charge on any atom is 0.229 e. The second kappa shape index (κ2) is 9.01. The maximum atomic E-state index is 12.9. The van der Waals surface area contributed by atoms with Gasteiger partial charge in [-0.2, -0.15) is 11.8 Å². The zero-order chi connectivity index (χ0) is 20.2. The average Bonchev–Trinajstić information content (AvgIpc) is 3.14. The summed E-state index contributed by atoms with van der Waals surface area (Å²) in [4.78, 5) is 29.5. The van der Waals surface area contributed by atoms with Crippen LogP contribution in [0.5, 0.6) is 0 Å². The van der Waals surface area contributed by atoms with E-state index in [1.165, 1.54) is 17.1 Å². The Labute approximate surface area is 176 Å². The van der Waals surface area contributed by atoms with Crippen LogP contribution in [0.3, 0.4) is 0 Å². The Morgan fingerprint density at radius 3 is 2.62 bits per heavy atom. The molecule has 1 unspecified atom stereocenters. The van der Waals surface area contributed by atoms with Gasteiger partial charge in [-0.3, -0.25) is 14.5 Å².